The van der Waals surface area contributed by atoms with Crippen LogP contribution < -0.4 is 5.19 Å². The summed E-state index contributed by atoms with van der Waals surface area (Å²) in [6.07, 6.45) is 0. The van der Waals surface area contributed by atoms with Crippen LogP contribution in [0.4, 0.5) is 0 Å². The van der Waals surface area contributed by atoms with Crippen molar-refractivity contribution in [3.63, 3.8) is 0 Å². The van der Waals surface area contributed by atoms with Crippen molar-refractivity contribution in [3.8, 4) is 0 Å². The molecule has 0 amide bonds. The lowest BCUT2D eigenvalue weighted by Crippen LogP contribution is -2.37. The monoisotopic (exact) mass is 334 g/mol. The number of rotatable bonds is 6. The normalized spacial score (nSPS) is 12.3. The van der Waals surface area contributed by atoms with Gasteiger partial charge in [-0.1, -0.05) is 79.4 Å². The minimum Gasteiger partial charge on any atom is -0.265 e. The van der Waals surface area contributed by atoms with E-state index in [1.807, 2.05) is 30.3 Å². The lowest BCUT2D eigenvalue weighted by atomic mass is 10.2. The van der Waals surface area contributed by atoms with E-state index in [1.165, 1.54) is 5.19 Å². The second kappa shape index (κ2) is 6.77. The summed E-state index contributed by atoms with van der Waals surface area (Å²) in [4.78, 5) is 0. The SMILES string of the molecule is C[Si](C)(C)c1ccc(COS(=O)(=O)Cc2ccccc2)cc1. The van der Waals surface area contributed by atoms with Crippen LogP contribution in [-0.2, 0) is 26.7 Å². The summed E-state index contributed by atoms with van der Waals surface area (Å²) in [5.41, 5.74) is 1.61. The van der Waals surface area contributed by atoms with Gasteiger partial charge in [0, 0.05) is 0 Å². The van der Waals surface area contributed by atoms with Crippen LogP contribution in [0, 0.1) is 0 Å². The van der Waals surface area contributed by atoms with Gasteiger partial charge >= 0.3 is 0 Å². The molecule has 3 nitrogen and oxygen atoms in total. The van der Waals surface area contributed by atoms with E-state index in [0.29, 0.717) is 0 Å². The molecule has 2 aromatic rings. The van der Waals surface area contributed by atoms with Crippen LogP contribution in [-0.4, -0.2) is 16.5 Å². The zero-order valence-electron chi connectivity index (χ0n) is 13.2. The van der Waals surface area contributed by atoms with E-state index in [2.05, 4.69) is 31.8 Å². The van der Waals surface area contributed by atoms with E-state index in [0.717, 1.165) is 11.1 Å². The summed E-state index contributed by atoms with van der Waals surface area (Å²) < 4.78 is 29.1. The molecular formula is C17H22O3SSi. The molecule has 5 heteroatoms. The molecule has 0 radical (unpaired) electrons. The predicted molar refractivity (Wildman–Crippen MR) is 93.3 cm³/mol. The van der Waals surface area contributed by atoms with Gasteiger partial charge in [-0.25, -0.2) is 0 Å². The zero-order valence-corrected chi connectivity index (χ0v) is 15.1. The van der Waals surface area contributed by atoms with Crippen molar-refractivity contribution in [1.29, 1.82) is 0 Å². The lowest BCUT2D eigenvalue weighted by Gasteiger charge is -2.16. The fourth-order valence-corrected chi connectivity index (χ4v) is 4.25. The maximum atomic E-state index is 12.0. The minimum absolute atomic E-state index is 0.0845. The van der Waals surface area contributed by atoms with Gasteiger partial charge in [-0.2, -0.15) is 8.42 Å². The van der Waals surface area contributed by atoms with Gasteiger partial charge < -0.3 is 0 Å². The highest BCUT2D eigenvalue weighted by atomic mass is 32.2. The van der Waals surface area contributed by atoms with E-state index in [9.17, 15) is 8.42 Å². The van der Waals surface area contributed by atoms with Gasteiger partial charge in [-0.15, -0.1) is 0 Å². The topological polar surface area (TPSA) is 43.4 Å². The summed E-state index contributed by atoms with van der Waals surface area (Å²) in [6, 6.07) is 17.1. The molecule has 2 rings (SSSR count). The van der Waals surface area contributed by atoms with Crippen molar-refractivity contribution >= 4 is 23.4 Å². The fraction of sp³-hybridized carbons (Fsp3) is 0.294. The first-order valence-corrected chi connectivity index (χ1v) is 12.3. The molecule has 0 unspecified atom stereocenters. The summed E-state index contributed by atoms with van der Waals surface area (Å²) in [5.74, 6) is -0.0964. The molecular weight excluding hydrogens is 312 g/mol. The summed E-state index contributed by atoms with van der Waals surface area (Å²) in [5, 5.41) is 1.35. The molecule has 0 aliphatic rings. The van der Waals surface area contributed by atoms with Gasteiger partial charge in [0.25, 0.3) is 10.1 Å². The van der Waals surface area contributed by atoms with Crippen LogP contribution in [0.2, 0.25) is 19.6 Å². The zero-order chi connectivity index (χ0) is 16.2. The first-order valence-electron chi connectivity index (χ1n) is 7.27. The van der Waals surface area contributed by atoms with Gasteiger partial charge in [-0.3, -0.25) is 4.18 Å². The molecule has 0 heterocycles. The van der Waals surface area contributed by atoms with Crippen LogP contribution >= 0.6 is 0 Å². The molecule has 2 aromatic carbocycles. The van der Waals surface area contributed by atoms with Gasteiger partial charge in [0.15, 0.2) is 0 Å². The average Bonchev–Trinajstić information content (AvgIpc) is 2.45. The van der Waals surface area contributed by atoms with Crippen molar-refractivity contribution in [2.24, 2.45) is 0 Å². The quantitative estimate of drug-likeness (QED) is 0.601. The Labute approximate surface area is 134 Å². The Morgan fingerprint density at radius 2 is 1.45 bits per heavy atom. The van der Waals surface area contributed by atoms with Crippen molar-refractivity contribution in [2.75, 3.05) is 0 Å². The minimum atomic E-state index is -3.56. The Balaban J connectivity index is 1.97. The van der Waals surface area contributed by atoms with Gasteiger partial charge in [-0.05, 0) is 11.1 Å². The number of hydrogen-bond donors (Lipinski definition) is 0. The number of benzene rings is 2. The van der Waals surface area contributed by atoms with E-state index in [4.69, 9.17) is 4.18 Å². The van der Waals surface area contributed by atoms with E-state index < -0.39 is 18.2 Å². The molecule has 0 fully saturated rings. The first-order chi connectivity index (χ1) is 10.3. The molecule has 0 N–H and O–H groups in total. The molecule has 0 aromatic heterocycles. The maximum absolute atomic E-state index is 12.0. The second-order valence-corrected chi connectivity index (χ2v) is 13.1. The fourth-order valence-electron chi connectivity index (χ4n) is 2.08. The molecule has 0 aliphatic heterocycles. The van der Waals surface area contributed by atoms with Crippen molar-refractivity contribution < 1.29 is 12.6 Å². The van der Waals surface area contributed by atoms with E-state index in [1.54, 1.807) is 12.1 Å². The predicted octanol–water partition coefficient (Wildman–Crippen LogP) is 3.28. The highest BCUT2D eigenvalue weighted by molar-refractivity contribution is 7.85. The third-order valence-corrected chi connectivity index (χ3v) is 6.64. The Morgan fingerprint density at radius 1 is 0.864 bits per heavy atom. The molecule has 0 spiro atoms. The van der Waals surface area contributed by atoms with Crippen LogP contribution in [0.1, 0.15) is 11.1 Å². The van der Waals surface area contributed by atoms with Gasteiger partial charge in [0.05, 0.1) is 14.7 Å². The Bertz CT molecular complexity index is 702. The van der Waals surface area contributed by atoms with Crippen LogP contribution in [0.25, 0.3) is 0 Å². The lowest BCUT2D eigenvalue weighted by molar-refractivity contribution is 0.307. The summed E-state index contributed by atoms with van der Waals surface area (Å²) in [6.45, 7) is 6.93. The summed E-state index contributed by atoms with van der Waals surface area (Å²) >= 11 is 0. The van der Waals surface area contributed by atoms with Gasteiger partial charge in [0.2, 0.25) is 0 Å². The Morgan fingerprint density at radius 3 is 2.00 bits per heavy atom. The molecule has 0 aliphatic carbocycles. The molecule has 0 bridgehead atoms. The molecule has 0 atom stereocenters. The van der Waals surface area contributed by atoms with Crippen LogP contribution in [0.5, 0.6) is 0 Å². The van der Waals surface area contributed by atoms with Crippen molar-refractivity contribution in [1.82, 2.24) is 0 Å². The van der Waals surface area contributed by atoms with Gasteiger partial charge in [0.1, 0.15) is 5.75 Å². The second-order valence-electron chi connectivity index (χ2n) is 6.40. The Kier molecular flexibility index (Phi) is 5.21. The van der Waals surface area contributed by atoms with Crippen molar-refractivity contribution in [3.05, 3.63) is 65.7 Å². The molecule has 22 heavy (non-hydrogen) atoms. The van der Waals surface area contributed by atoms with E-state index >= 15 is 0 Å². The highest BCUT2D eigenvalue weighted by Crippen LogP contribution is 2.11. The maximum Gasteiger partial charge on any atom is 0.271 e. The standard InChI is InChI=1S/C17H22O3SSi/c1-22(2,3)17-11-9-15(10-12-17)13-20-21(18,19)14-16-7-5-4-6-8-16/h4-12H,13-14H2,1-3H3. The summed E-state index contributed by atoms with van der Waals surface area (Å²) in [7, 11) is -4.89. The number of hydrogen-bond acceptors (Lipinski definition) is 3. The Hall–Kier alpha value is -1.43. The third kappa shape index (κ3) is 5.09. The molecule has 118 valence electrons. The third-order valence-electron chi connectivity index (χ3n) is 3.41. The van der Waals surface area contributed by atoms with E-state index in [-0.39, 0.29) is 12.4 Å². The largest absolute Gasteiger partial charge is 0.271 e. The smallest absolute Gasteiger partial charge is 0.265 e. The van der Waals surface area contributed by atoms with Crippen LogP contribution in [0.15, 0.2) is 54.6 Å². The van der Waals surface area contributed by atoms with Crippen molar-refractivity contribution in [2.45, 2.75) is 32.0 Å². The molecule has 0 saturated heterocycles. The highest BCUT2D eigenvalue weighted by Gasteiger charge is 2.16. The van der Waals surface area contributed by atoms with Crippen LogP contribution in [0.3, 0.4) is 0 Å². The molecule has 0 saturated carbocycles. The first kappa shape index (κ1) is 16.9. The average molecular weight is 335 g/mol.